The summed E-state index contributed by atoms with van der Waals surface area (Å²) in [4.78, 5) is 17.8. The molecule has 4 heteroatoms. The summed E-state index contributed by atoms with van der Waals surface area (Å²) < 4.78 is 0. The first kappa shape index (κ1) is 12.6. The molecule has 0 spiro atoms. The van der Waals surface area contributed by atoms with Crippen LogP contribution >= 0.6 is 0 Å². The van der Waals surface area contributed by atoms with Gasteiger partial charge in [0.15, 0.2) is 0 Å². The molecule has 0 aliphatic heterocycles. The molecule has 0 aromatic carbocycles. The van der Waals surface area contributed by atoms with Gasteiger partial charge in [0, 0.05) is 13.2 Å². The predicted octanol–water partition coefficient (Wildman–Crippen LogP) is 1.56. The molecule has 1 rings (SSSR count). The Morgan fingerprint density at radius 3 is 2.56 bits per heavy atom. The first-order valence-electron chi connectivity index (χ1n) is 5.52. The minimum atomic E-state index is -0.773. The molecular weight excluding hydrogens is 202 g/mol. The van der Waals surface area contributed by atoms with Crippen molar-refractivity contribution in [1.82, 2.24) is 4.98 Å². The van der Waals surface area contributed by atoms with Crippen molar-refractivity contribution in [3.63, 3.8) is 0 Å². The number of hydrogen-bond donors (Lipinski definition) is 1. The summed E-state index contributed by atoms with van der Waals surface area (Å²) in [6.07, 6.45) is 4.60. The zero-order chi connectivity index (χ0) is 12.2. The van der Waals surface area contributed by atoms with E-state index in [1.54, 1.807) is 30.4 Å². The molecule has 0 atom stereocenters. The predicted molar refractivity (Wildman–Crippen MR) is 65.1 cm³/mol. The van der Waals surface area contributed by atoms with Crippen LogP contribution in [0.15, 0.2) is 24.5 Å². The summed E-state index contributed by atoms with van der Waals surface area (Å²) in [5.41, 5.74) is 6.06. The third-order valence-electron chi connectivity index (χ3n) is 3.03. The van der Waals surface area contributed by atoms with Gasteiger partial charge in [0.05, 0.1) is 17.4 Å². The van der Waals surface area contributed by atoms with Crippen molar-refractivity contribution in [2.75, 3.05) is 11.9 Å². The molecular formula is C12H19N3O. The van der Waals surface area contributed by atoms with Gasteiger partial charge in [-0.3, -0.25) is 9.78 Å². The van der Waals surface area contributed by atoms with Crippen LogP contribution in [0.25, 0.3) is 0 Å². The van der Waals surface area contributed by atoms with Gasteiger partial charge < -0.3 is 10.6 Å². The van der Waals surface area contributed by atoms with Gasteiger partial charge in [-0.1, -0.05) is 13.8 Å². The quantitative estimate of drug-likeness (QED) is 0.839. The van der Waals surface area contributed by atoms with E-state index in [1.807, 2.05) is 19.9 Å². The molecule has 1 aromatic rings. The molecule has 1 aromatic heterocycles. The fraction of sp³-hybridized carbons (Fsp3) is 0.500. The van der Waals surface area contributed by atoms with Crippen molar-refractivity contribution in [2.45, 2.75) is 32.2 Å². The van der Waals surface area contributed by atoms with E-state index in [0.29, 0.717) is 12.8 Å². The van der Waals surface area contributed by atoms with Crippen LogP contribution in [0.5, 0.6) is 0 Å². The smallest absolute Gasteiger partial charge is 0.246 e. The van der Waals surface area contributed by atoms with E-state index < -0.39 is 5.54 Å². The van der Waals surface area contributed by atoms with E-state index in [2.05, 4.69) is 4.98 Å². The number of pyridine rings is 1. The van der Waals surface area contributed by atoms with Crippen molar-refractivity contribution in [1.29, 1.82) is 0 Å². The highest BCUT2D eigenvalue weighted by Gasteiger charge is 2.33. The molecule has 0 fully saturated rings. The first-order valence-corrected chi connectivity index (χ1v) is 5.52. The van der Waals surface area contributed by atoms with Crippen LogP contribution in [-0.4, -0.2) is 23.5 Å². The second-order valence-electron chi connectivity index (χ2n) is 3.94. The van der Waals surface area contributed by atoms with Crippen LogP contribution in [0.1, 0.15) is 26.7 Å². The fourth-order valence-corrected chi connectivity index (χ4v) is 1.56. The lowest BCUT2D eigenvalue weighted by molar-refractivity contribution is -0.123. The topological polar surface area (TPSA) is 59.2 Å². The number of aromatic nitrogens is 1. The largest absolute Gasteiger partial charge is 0.317 e. The Balaban J connectivity index is 2.90. The molecule has 1 amide bonds. The maximum Gasteiger partial charge on any atom is 0.246 e. The zero-order valence-electron chi connectivity index (χ0n) is 10.1. The van der Waals surface area contributed by atoms with Crippen LogP contribution in [0.4, 0.5) is 5.69 Å². The lowest BCUT2D eigenvalue weighted by Crippen LogP contribution is -2.53. The summed E-state index contributed by atoms with van der Waals surface area (Å²) >= 11 is 0. The number of amides is 1. The average Bonchev–Trinajstić information content (AvgIpc) is 2.37. The van der Waals surface area contributed by atoms with Crippen LogP contribution in [0, 0.1) is 0 Å². The van der Waals surface area contributed by atoms with E-state index in [0.717, 1.165) is 5.69 Å². The van der Waals surface area contributed by atoms with Gasteiger partial charge in [-0.15, -0.1) is 0 Å². The second-order valence-corrected chi connectivity index (χ2v) is 3.94. The van der Waals surface area contributed by atoms with E-state index >= 15 is 0 Å². The van der Waals surface area contributed by atoms with E-state index in [1.165, 1.54) is 0 Å². The van der Waals surface area contributed by atoms with Crippen LogP contribution in [-0.2, 0) is 4.79 Å². The number of anilines is 1. The second kappa shape index (κ2) is 5.07. The van der Waals surface area contributed by atoms with Crippen molar-refractivity contribution in [3.8, 4) is 0 Å². The van der Waals surface area contributed by atoms with E-state index in [-0.39, 0.29) is 5.91 Å². The number of hydrogen-bond acceptors (Lipinski definition) is 3. The number of nitrogens with two attached hydrogens (primary N) is 1. The van der Waals surface area contributed by atoms with E-state index in [9.17, 15) is 4.79 Å². The van der Waals surface area contributed by atoms with Gasteiger partial charge in [0.2, 0.25) is 5.91 Å². The van der Waals surface area contributed by atoms with Gasteiger partial charge in [-0.05, 0) is 25.0 Å². The Morgan fingerprint density at radius 2 is 2.12 bits per heavy atom. The molecule has 0 saturated carbocycles. The molecule has 0 bridgehead atoms. The normalized spacial score (nSPS) is 11.2. The highest BCUT2D eigenvalue weighted by molar-refractivity contribution is 5.99. The minimum absolute atomic E-state index is 0.0644. The Morgan fingerprint density at radius 1 is 1.50 bits per heavy atom. The summed E-state index contributed by atoms with van der Waals surface area (Å²) in [6, 6.07) is 3.64. The van der Waals surface area contributed by atoms with Crippen molar-refractivity contribution in [3.05, 3.63) is 24.5 Å². The third kappa shape index (κ3) is 2.39. The highest BCUT2D eigenvalue weighted by atomic mass is 16.2. The Bertz CT molecular complexity index is 347. The summed E-state index contributed by atoms with van der Waals surface area (Å²) in [5.74, 6) is -0.0644. The number of carbonyl (C=O) groups is 1. The van der Waals surface area contributed by atoms with Crippen molar-refractivity contribution >= 4 is 11.6 Å². The SMILES string of the molecule is CCC(N)(CC)C(=O)N(C)c1cccnc1. The van der Waals surface area contributed by atoms with Crippen LogP contribution in [0.3, 0.4) is 0 Å². The summed E-state index contributed by atoms with van der Waals surface area (Å²) in [7, 11) is 1.73. The molecule has 0 unspecified atom stereocenters. The van der Waals surface area contributed by atoms with Gasteiger partial charge in [0.1, 0.15) is 0 Å². The summed E-state index contributed by atoms with van der Waals surface area (Å²) in [5, 5.41) is 0. The Hall–Kier alpha value is -1.42. The van der Waals surface area contributed by atoms with Gasteiger partial charge in [0.25, 0.3) is 0 Å². The lowest BCUT2D eigenvalue weighted by Gasteiger charge is -2.30. The molecule has 1 heterocycles. The monoisotopic (exact) mass is 221 g/mol. The molecule has 0 aliphatic rings. The molecule has 88 valence electrons. The Labute approximate surface area is 96.5 Å². The van der Waals surface area contributed by atoms with Crippen molar-refractivity contribution in [2.24, 2.45) is 5.73 Å². The molecule has 0 saturated heterocycles. The maximum absolute atomic E-state index is 12.2. The molecule has 0 aliphatic carbocycles. The summed E-state index contributed by atoms with van der Waals surface area (Å²) in [6.45, 7) is 3.86. The molecule has 16 heavy (non-hydrogen) atoms. The van der Waals surface area contributed by atoms with Crippen molar-refractivity contribution < 1.29 is 4.79 Å². The maximum atomic E-state index is 12.2. The highest BCUT2D eigenvalue weighted by Crippen LogP contribution is 2.19. The number of carbonyl (C=O) groups excluding carboxylic acids is 1. The standard InChI is InChI=1S/C12H19N3O/c1-4-12(13,5-2)11(16)15(3)10-7-6-8-14-9-10/h6-9H,4-5,13H2,1-3H3. The molecule has 4 nitrogen and oxygen atoms in total. The third-order valence-corrected chi connectivity index (χ3v) is 3.03. The number of rotatable bonds is 4. The van der Waals surface area contributed by atoms with E-state index in [4.69, 9.17) is 5.73 Å². The van der Waals surface area contributed by atoms with Gasteiger partial charge in [-0.25, -0.2) is 0 Å². The molecule has 0 radical (unpaired) electrons. The van der Waals surface area contributed by atoms with Gasteiger partial charge in [-0.2, -0.15) is 0 Å². The lowest BCUT2D eigenvalue weighted by atomic mass is 9.92. The first-order chi connectivity index (χ1) is 7.55. The zero-order valence-corrected chi connectivity index (χ0v) is 10.1. The van der Waals surface area contributed by atoms with Crippen LogP contribution in [0.2, 0.25) is 0 Å². The minimum Gasteiger partial charge on any atom is -0.317 e. The fourth-order valence-electron chi connectivity index (χ4n) is 1.56. The molecule has 2 N–H and O–H groups in total. The Kier molecular flexibility index (Phi) is 4.01. The number of nitrogens with zero attached hydrogens (tertiary/aromatic N) is 2. The average molecular weight is 221 g/mol. The van der Waals surface area contributed by atoms with Crippen LogP contribution < -0.4 is 10.6 Å². The van der Waals surface area contributed by atoms with Gasteiger partial charge >= 0.3 is 0 Å². The number of likely N-dealkylation sites (N-methyl/N-ethyl adjacent to an activating group) is 1.